The Morgan fingerprint density at radius 1 is 1.21 bits per heavy atom. The Morgan fingerprint density at radius 2 is 1.93 bits per heavy atom. The quantitative estimate of drug-likeness (QED) is 0.225. The van der Waals surface area contributed by atoms with Gasteiger partial charge in [0.05, 0.1) is 7.11 Å². The number of carbonyl (C=O) groups is 1. The second-order valence-electron chi connectivity index (χ2n) is 7.12. The molecule has 0 aromatic carbocycles. The number of methoxy groups -OCH3 is 1. The molecule has 2 heterocycles. The molecular weight excluding hydrogens is 475 g/mol. The molecule has 0 saturated carbocycles. The van der Waals surface area contributed by atoms with Crippen molar-refractivity contribution in [1.29, 1.82) is 0 Å². The van der Waals surface area contributed by atoms with Crippen LogP contribution >= 0.6 is 24.0 Å². The SMILES string of the molecule is CCNC(=NCCCOCC1CCOCC1)NC1CCN(C(=O)OC)CC1.I. The maximum absolute atomic E-state index is 11.6. The second kappa shape index (κ2) is 15.1. The fourth-order valence-corrected chi connectivity index (χ4v) is 3.37. The van der Waals surface area contributed by atoms with Gasteiger partial charge in [-0.05, 0) is 44.9 Å². The molecule has 2 aliphatic heterocycles. The molecule has 2 saturated heterocycles. The minimum Gasteiger partial charge on any atom is -0.453 e. The van der Waals surface area contributed by atoms with E-state index in [1.165, 1.54) is 7.11 Å². The molecule has 0 aliphatic carbocycles. The van der Waals surface area contributed by atoms with E-state index in [2.05, 4.69) is 22.5 Å². The second-order valence-corrected chi connectivity index (χ2v) is 7.12. The summed E-state index contributed by atoms with van der Waals surface area (Å²) in [4.78, 5) is 18.0. The molecule has 0 aromatic rings. The van der Waals surface area contributed by atoms with E-state index in [1.54, 1.807) is 4.90 Å². The Bertz CT molecular complexity index is 453. The Hall–Kier alpha value is -0.810. The first kappa shape index (κ1) is 25.2. The van der Waals surface area contributed by atoms with Crippen LogP contribution in [0.2, 0.25) is 0 Å². The van der Waals surface area contributed by atoms with Gasteiger partial charge < -0.3 is 29.7 Å². The zero-order valence-corrected chi connectivity index (χ0v) is 19.6. The highest BCUT2D eigenvalue weighted by Crippen LogP contribution is 2.14. The zero-order valence-electron chi connectivity index (χ0n) is 17.3. The van der Waals surface area contributed by atoms with Crippen LogP contribution in [0.5, 0.6) is 0 Å². The van der Waals surface area contributed by atoms with Crippen molar-refractivity contribution in [3.05, 3.63) is 0 Å². The third-order valence-corrected chi connectivity index (χ3v) is 5.02. The highest BCUT2D eigenvalue weighted by molar-refractivity contribution is 14.0. The van der Waals surface area contributed by atoms with Crippen molar-refractivity contribution in [2.75, 3.05) is 59.7 Å². The summed E-state index contributed by atoms with van der Waals surface area (Å²) in [6, 6.07) is 0.327. The predicted octanol–water partition coefficient (Wildman–Crippen LogP) is 2.22. The molecule has 1 amide bonds. The highest BCUT2D eigenvalue weighted by Gasteiger charge is 2.23. The van der Waals surface area contributed by atoms with Crippen molar-refractivity contribution < 1.29 is 19.0 Å². The molecule has 0 unspecified atom stereocenters. The maximum atomic E-state index is 11.6. The Kier molecular flexibility index (Phi) is 13.6. The Labute approximate surface area is 186 Å². The molecule has 0 aromatic heterocycles. The van der Waals surface area contributed by atoms with Crippen molar-refractivity contribution in [3.63, 3.8) is 0 Å². The lowest BCUT2D eigenvalue weighted by atomic mass is 10.0. The van der Waals surface area contributed by atoms with Crippen LogP contribution in [0, 0.1) is 5.92 Å². The van der Waals surface area contributed by atoms with Gasteiger partial charge >= 0.3 is 6.09 Å². The number of nitrogens with one attached hydrogen (secondary N) is 2. The van der Waals surface area contributed by atoms with Gasteiger partial charge in [0.1, 0.15) is 0 Å². The van der Waals surface area contributed by atoms with Gasteiger partial charge in [0.2, 0.25) is 0 Å². The summed E-state index contributed by atoms with van der Waals surface area (Å²) in [5, 5.41) is 6.78. The summed E-state index contributed by atoms with van der Waals surface area (Å²) >= 11 is 0. The zero-order chi connectivity index (χ0) is 19.3. The average molecular weight is 512 g/mol. The van der Waals surface area contributed by atoms with Gasteiger partial charge in [-0.1, -0.05) is 0 Å². The summed E-state index contributed by atoms with van der Waals surface area (Å²) in [7, 11) is 1.43. The number of piperidine rings is 1. The summed E-state index contributed by atoms with van der Waals surface area (Å²) in [6.07, 6.45) is 4.69. The minimum absolute atomic E-state index is 0. The number of hydrogen-bond donors (Lipinski definition) is 2. The predicted molar refractivity (Wildman–Crippen MR) is 121 cm³/mol. The van der Waals surface area contributed by atoms with Crippen molar-refractivity contribution in [3.8, 4) is 0 Å². The first-order valence-electron chi connectivity index (χ1n) is 10.3. The van der Waals surface area contributed by atoms with E-state index in [0.29, 0.717) is 25.0 Å². The van der Waals surface area contributed by atoms with E-state index < -0.39 is 0 Å². The summed E-state index contributed by atoms with van der Waals surface area (Å²) < 4.78 is 15.9. The lowest BCUT2D eigenvalue weighted by Gasteiger charge is -2.32. The molecule has 0 bridgehead atoms. The number of carbonyl (C=O) groups excluding carboxylic acids is 1. The van der Waals surface area contributed by atoms with Crippen LogP contribution in [0.1, 0.15) is 39.0 Å². The molecule has 0 radical (unpaired) electrons. The molecule has 2 rings (SSSR count). The van der Waals surface area contributed by atoms with Crippen molar-refractivity contribution in [1.82, 2.24) is 15.5 Å². The van der Waals surface area contributed by atoms with Gasteiger partial charge in [0.25, 0.3) is 0 Å². The van der Waals surface area contributed by atoms with Gasteiger partial charge in [-0.25, -0.2) is 4.79 Å². The third kappa shape index (κ3) is 9.60. The normalized spacial score (nSPS) is 19.1. The van der Waals surface area contributed by atoms with Crippen LogP contribution in [0.15, 0.2) is 4.99 Å². The molecule has 0 atom stereocenters. The number of hydrogen-bond acceptors (Lipinski definition) is 5. The fourth-order valence-electron chi connectivity index (χ4n) is 3.37. The first-order chi connectivity index (χ1) is 13.2. The summed E-state index contributed by atoms with van der Waals surface area (Å²) in [5.74, 6) is 1.50. The maximum Gasteiger partial charge on any atom is 0.409 e. The largest absolute Gasteiger partial charge is 0.453 e. The van der Waals surface area contributed by atoms with Crippen LogP contribution in [0.25, 0.3) is 0 Å². The Balaban J connectivity index is 0.00000392. The highest BCUT2D eigenvalue weighted by atomic mass is 127. The number of halogens is 1. The van der Waals surface area contributed by atoms with E-state index >= 15 is 0 Å². The van der Waals surface area contributed by atoms with Gasteiger partial charge in [0.15, 0.2) is 5.96 Å². The number of aliphatic imine (C=N–C) groups is 1. The molecule has 8 nitrogen and oxygen atoms in total. The topological polar surface area (TPSA) is 84.4 Å². The number of rotatable bonds is 8. The monoisotopic (exact) mass is 512 g/mol. The first-order valence-corrected chi connectivity index (χ1v) is 10.3. The Morgan fingerprint density at radius 3 is 2.57 bits per heavy atom. The van der Waals surface area contributed by atoms with Crippen LogP contribution in [0.4, 0.5) is 4.79 Å². The van der Waals surface area contributed by atoms with Crippen molar-refractivity contribution >= 4 is 36.0 Å². The van der Waals surface area contributed by atoms with Gasteiger partial charge in [-0.3, -0.25) is 4.99 Å². The number of guanidine groups is 1. The van der Waals surface area contributed by atoms with Gasteiger partial charge in [-0.2, -0.15) is 0 Å². The smallest absolute Gasteiger partial charge is 0.409 e. The molecule has 0 spiro atoms. The molecule has 28 heavy (non-hydrogen) atoms. The van der Waals surface area contributed by atoms with E-state index in [9.17, 15) is 4.79 Å². The van der Waals surface area contributed by atoms with E-state index in [4.69, 9.17) is 14.2 Å². The minimum atomic E-state index is -0.241. The summed E-state index contributed by atoms with van der Waals surface area (Å²) in [5.41, 5.74) is 0. The molecule has 9 heteroatoms. The summed E-state index contributed by atoms with van der Waals surface area (Å²) in [6.45, 7) is 8.38. The fraction of sp³-hybridized carbons (Fsp3) is 0.895. The van der Waals surface area contributed by atoms with E-state index in [0.717, 1.165) is 77.6 Å². The van der Waals surface area contributed by atoms with E-state index in [-0.39, 0.29) is 30.1 Å². The van der Waals surface area contributed by atoms with E-state index in [1.807, 2.05) is 0 Å². The number of amides is 1. The lowest BCUT2D eigenvalue weighted by Crippen LogP contribution is -2.49. The third-order valence-electron chi connectivity index (χ3n) is 5.02. The number of likely N-dealkylation sites (tertiary alicyclic amines) is 1. The molecule has 164 valence electrons. The average Bonchev–Trinajstić information content (AvgIpc) is 2.71. The van der Waals surface area contributed by atoms with Crippen LogP contribution in [-0.4, -0.2) is 82.7 Å². The van der Waals surface area contributed by atoms with Gasteiger partial charge in [0, 0.05) is 58.6 Å². The molecule has 2 aliphatic rings. The molecule has 2 N–H and O–H groups in total. The van der Waals surface area contributed by atoms with Crippen molar-refractivity contribution in [2.45, 2.75) is 45.1 Å². The van der Waals surface area contributed by atoms with Crippen molar-refractivity contribution in [2.24, 2.45) is 10.9 Å². The van der Waals surface area contributed by atoms with Crippen LogP contribution in [0.3, 0.4) is 0 Å². The standard InChI is InChI=1S/C19H36N4O4.HI/c1-3-20-18(22-17-5-10-23(11-6-17)19(24)25-2)21-9-4-12-27-15-16-7-13-26-14-8-16;/h16-17H,3-15H2,1-2H3,(H2,20,21,22);1H. The van der Waals surface area contributed by atoms with Crippen LogP contribution < -0.4 is 10.6 Å². The molecular formula is C19H37IN4O4. The lowest BCUT2D eigenvalue weighted by molar-refractivity contribution is 0.0205. The molecule has 2 fully saturated rings. The number of ether oxygens (including phenoxy) is 3. The number of nitrogens with zero attached hydrogens (tertiary/aromatic N) is 2. The van der Waals surface area contributed by atoms with Crippen LogP contribution in [-0.2, 0) is 14.2 Å². The van der Waals surface area contributed by atoms with Gasteiger partial charge in [-0.15, -0.1) is 24.0 Å².